The lowest BCUT2D eigenvalue weighted by Gasteiger charge is -2.14. The number of pyridine rings is 1. The van der Waals surface area contributed by atoms with Gasteiger partial charge in [0.25, 0.3) is 5.91 Å². The van der Waals surface area contributed by atoms with Gasteiger partial charge in [-0.05, 0) is 18.6 Å². The zero-order chi connectivity index (χ0) is 17.4. The summed E-state index contributed by atoms with van der Waals surface area (Å²) in [7, 11) is 1.83. The van der Waals surface area contributed by atoms with Gasteiger partial charge in [-0.2, -0.15) is 0 Å². The maximum atomic E-state index is 12.5. The third-order valence-corrected chi connectivity index (χ3v) is 4.75. The highest BCUT2D eigenvalue weighted by atomic mass is 16.3. The van der Waals surface area contributed by atoms with Crippen LogP contribution in [0.1, 0.15) is 16.2 Å². The number of carbonyl (C=O) groups excluding carboxylic acids is 1. The van der Waals surface area contributed by atoms with Crippen LogP contribution in [-0.4, -0.2) is 49.6 Å². The van der Waals surface area contributed by atoms with Crippen molar-refractivity contribution in [3.05, 3.63) is 60.3 Å². The SMILES string of the molecule is Cn1cnc(C(=O)N2C[C@@H](Cc3ccc4ccccc4n3)[C@H](O)C2)c1. The second-order valence-electron chi connectivity index (χ2n) is 6.66. The molecule has 1 saturated heterocycles. The lowest BCUT2D eigenvalue weighted by molar-refractivity contribution is 0.0759. The van der Waals surface area contributed by atoms with Gasteiger partial charge in [0.1, 0.15) is 5.69 Å². The van der Waals surface area contributed by atoms with E-state index in [0.717, 1.165) is 16.6 Å². The number of para-hydroxylation sites is 1. The molecule has 128 valence electrons. The van der Waals surface area contributed by atoms with E-state index in [1.165, 1.54) is 0 Å². The number of rotatable bonds is 3. The summed E-state index contributed by atoms with van der Waals surface area (Å²) in [4.78, 5) is 23.0. The smallest absolute Gasteiger partial charge is 0.274 e. The molecule has 3 heterocycles. The van der Waals surface area contributed by atoms with Crippen molar-refractivity contribution < 1.29 is 9.90 Å². The van der Waals surface area contributed by atoms with Crippen LogP contribution in [0, 0.1) is 5.92 Å². The average Bonchev–Trinajstić information content (AvgIpc) is 3.20. The van der Waals surface area contributed by atoms with Crippen molar-refractivity contribution >= 4 is 16.8 Å². The summed E-state index contributed by atoms with van der Waals surface area (Å²) in [5, 5.41) is 11.5. The lowest BCUT2D eigenvalue weighted by Crippen LogP contribution is -2.29. The summed E-state index contributed by atoms with van der Waals surface area (Å²) in [5.41, 5.74) is 2.31. The van der Waals surface area contributed by atoms with E-state index in [0.29, 0.717) is 25.2 Å². The molecule has 2 atom stereocenters. The van der Waals surface area contributed by atoms with Gasteiger partial charge in [0.2, 0.25) is 0 Å². The topological polar surface area (TPSA) is 71.2 Å². The number of aliphatic hydroxyl groups excluding tert-OH is 1. The summed E-state index contributed by atoms with van der Waals surface area (Å²) in [6.07, 6.45) is 3.42. The molecule has 0 spiro atoms. The number of carbonyl (C=O) groups is 1. The van der Waals surface area contributed by atoms with Crippen LogP contribution < -0.4 is 0 Å². The number of imidazole rings is 1. The minimum atomic E-state index is -0.541. The van der Waals surface area contributed by atoms with Gasteiger partial charge in [-0.25, -0.2) is 4.98 Å². The molecule has 1 aromatic carbocycles. The van der Waals surface area contributed by atoms with Crippen LogP contribution >= 0.6 is 0 Å². The summed E-state index contributed by atoms with van der Waals surface area (Å²) >= 11 is 0. The van der Waals surface area contributed by atoms with Crippen LogP contribution in [0.2, 0.25) is 0 Å². The molecule has 1 aliphatic heterocycles. The van der Waals surface area contributed by atoms with Crippen LogP contribution in [0.3, 0.4) is 0 Å². The van der Waals surface area contributed by atoms with E-state index in [1.54, 1.807) is 22.0 Å². The molecule has 1 aliphatic rings. The Balaban J connectivity index is 1.48. The van der Waals surface area contributed by atoms with E-state index in [9.17, 15) is 9.90 Å². The van der Waals surface area contributed by atoms with Crippen LogP contribution in [0.5, 0.6) is 0 Å². The Hall–Kier alpha value is -2.73. The van der Waals surface area contributed by atoms with Crippen molar-refractivity contribution in [2.24, 2.45) is 13.0 Å². The summed E-state index contributed by atoms with van der Waals surface area (Å²) < 4.78 is 1.75. The van der Waals surface area contributed by atoms with Gasteiger partial charge in [0, 0.05) is 43.3 Å². The molecular weight excluding hydrogens is 316 g/mol. The first-order valence-corrected chi connectivity index (χ1v) is 8.40. The second kappa shape index (κ2) is 6.29. The molecule has 3 aromatic rings. The number of fused-ring (bicyclic) bond motifs is 1. The monoisotopic (exact) mass is 336 g/mol. The predicted molar refractivity (Wildman–Crippen MR) is 94.1 cm³/mol. The Kier molecular flexibility index (Phi) is 3.97. The standard InChI is InChI=1S/C19H20N4O2/c1-22-10-17(20-12-22)19(25)23-9-14(18(24)11-23)8-15-7-6-13-4-2-3-5-16(13)21-15/h2-7,10,12,14,18,24H,8-9,11H2,1H3/t14-,18-/m1/s1. The molecule has 0 saturated carbocycles. The molecule has 0 aliphatic carbocycles. The highest BCUT2D eigenvalue weighted by molar-refractivity contribution is 5.92. The molecule has 1 amide bonds. The van der Waals surface area contributed by atoms with Gasteiger partial charge in [0.05, 0.1) is 17.9 Å². The Morgan fingerprint density at radius 2 is 2.08 bits per heavy atom. The number of amides is 1. The van der Waals surface area contributed by atoms with E-state index >= 15 is 0 Å². The minimum Gasteiger partial charge on any atom is -0.391 e. The third kappa shape index (κ3) is 3.13. The molecule has 25 heavy (non-hydrogen) atoms. The number of benzene rings is 1. The average molecular weight is 336 g/mol. The van der Waals surface area contributed by atoms with Gasteiger partial charge in [0.15, 0.2) is 0 Å². The van der Waals surface area contributed by atoms with Crippen molar-refractivity contribution in [2.75, 3.05) is 13.1 Å². The Morgan fingerprint density at radius 3 is 2.88 bits per heavy atom. The quantitative estimate of drug-likeness (QED) is 0.789. The van der Waals surface area contributed by atoms with Crippen molar-refractivity contribution in [3.8, 4) is 0 Å². The van der Waals surface area contributed by atoms with Gasteiger partial charge >= 0.3 is 0 Å². The van der Waals surface area contributed by atoms with Crippen molar-refractivity contribution in [1.82, 2.24) is 19.4 Å². The summed E-state index contributed by atoms with van der Waals surface area (Å²) in [5.74, 6) is -0.144. The lowest BCUT2D eigenvalue weighted by atomic mass is 9.99. The number of hydrogen-bond donors (Lipinski definition) is 1. The Labute approximate surface area is 145 Å². The number of likely N-dealkylation sites (tertiary alicyclic amines) is 1. The number of aliphatic hydroxyl groups is 1. The fourth-order valence-electron chi connectivity index (χ4n) is 3.40. The first-order chi connectivity index (χ1) is 12.1. The fourth-order valence-corrected chi connectivity index (χ4v) is 3.40. The molecule has 6 nitrogen and oxygen atoms in total. The fraction of sp³-hybridized carbons (Fsp3) is 0.316. The maximum Gasteiger partial charge on any atom is 0.274 e. The number of aryl methyl sites for hydroxylation is 1. The zero-order valence-corrected chi connectivity index (χ0v) is 14.0. The van der Waals surface area contributed by atoms with E-state index in [4.69, 9.17) is 0 Å². The van der Waals surface area contributed by atoms with Gasteiger partial charge in [-0.1, -0.05) is 24.3 Å². The molecule has 0 radical (unpaired) electrons. The Morgan fingerprint density at radius 1 is 1.24 bits per heavy atom. The van der Waals surface area contributed by atoms with Crippen molar-refractivity contribution in [1.29, 1.82) is 0 Å². The highest BCUT2D eigenvalue weighted by Crippen LogP contribution is 2.23. The molecule has 1 fully saturated rings. The van der Waals surface area contributed by atoms with Crippen LogP contribution in [0.25, 0.3) is 10.9 Å². The van der Waals surface area contributed by atoms with E-state index in [-0.39, 0.29) is 11.8 Å². The zero-order valence-electron chi connectivity index (χ0n) is 14.0. The van der Waals surface area contributed by atoms with E-state index < -0.39 is 6.10 Å². The van der Waals surface area contributed by atoms with E-state index in [1.807, 2.05) is 37.4 Å². The number of β-amino-alcohol motifs (C(OH)–C–C–N with tert-alkyl or cyclic N) is 1. The van der Waals surface area contributed by atoms with Crippen LogP contribution in [0.4, 0.5) is 0 Å². The second-order valence-corrected chi connectivity index (χ2v) is 6.66. The minimum absolute atomic E-state index is 0.0127. The van der Waals surface area contributed by atoms with Gasteiger partial charge < -0.3 is 14.6 Å². The predicted octanol–water partition coefficient (Wildman–Crippen LogP) is 1.64. The largest absolute Gasteiger partial charge is 0.391 e. The molecule has 6 heteroatoms. The summed E-state index contributed by atoms with van der Waals surface area (Å²) in [6, 6.07) is 12.0. The Bertz CT molecular complexity index is 920. The van der Waals surface area contributed by atoms with Crippen LogP contribution in [0.15, 0.2) is 48.9 Å². The molecule has 4 rings (SSSR count). The molecule has 1 N–H and O–H groups in total. The van der Waals surface area contributed by atoms with Gasteiger partial charge in [-0.15, -0.1) is 0 Å². The van der Waals surface area contributed by atoms with Gasteiger partial charge in [-0.3, -0.25) is 9.78 Å². The van der Waals surface area contributed by atoms with E-state index in [2.05, 4.69) is 16.0 Å². The molecular formula is C19H20N4O2. The third-order valence-electron chi connectivity index (χ3n) is 4.75. The summed E-state index contributed by atoms with van der Waals surface area (Å²) in [6.45, 7) is 0.860. The van der Waals surface area contributed by atoms with Crippen molar-refractivity contribution in [2.45, 2.75) is 12.5 Å². The normalized spacial score (nSPS) is 20.3. The maximum absolute atomic E-state index is 12.5. The highest BCUT2D eigenvalue weighted by Gasteiger charge is 2.35. The van der Waals surface area contributed by atoms with Crippen molar-refractivity contribution in [3.63, 3.8) is 0 Å². The first-order valence-electron chi connectivity index (χ1n) is 8.40. The number of aromatic nitrogens is 3. The molecule has 0 unspecified atom stereocenters. The first kappa shape index (κ1) is 15.8. The number of hydrogen-bond acceptors (Lipinski definition) is 4. The van der Waals surface area contributed by atoms with Crippen LogP contribution in [-0.2, 0) is 13.5 Å². The molecule has 0 bridgehead atoms. The number of nitrogens with zero attached hydrogens (tertiary/aromatic N) is 4. The molecule has 2 aromatic heterocycles.